The molecular formula is C16H21N3O. The standard InChI is InChI=1S/C16H21N3O/c1-11(2)3-6-15-18-16(20-19-15)13-5-4-12-7-8-17-10-14(12)9-13/h4-5,9,11,17H,3,6-8,10H2,1-2H3. The zero-order valence-electron chi connectivity index (χ0n) is 12.1. The van der Waals surface area contributed by atoms with Crippen LogP contribution in [-0.4, -0.2) is 16.7 Å². The van der Waals surface area contributed by atoms with Gasteiger partial charge in [-0.25, -0.2) is 0 Å². The molecule has 3 rings (SSSR count). The fraction of sp³-hybridized carbons (Fsp3) is 0.500. The number of rotatable bonds is 4. The lowest BCUT2D eigenvalue weighted by Gasteiger charge is -2.16. The monoisotopic (exact) mass is 271 g/mol. The quantitative estimate of drug-likeness (QED) is 0.929. The molecule has 1 aromatic carbocycles. The third-order valence-electron chi connectivity index (χ3n) is 3.75. The van der Waals surface area contributed by atoms with Crippen LogP contribution in [0.15, 0.2) is 22.7 Å². The van der Waals surface area contributed by atoms with Crippen LogP contribution in [0.2, 0.25) is 0 Å². The zero-order valence-corrected chi connectivity index (χ0v) is 12.1. The van der Waals surface area contributed by atoms with Gasteiger partial charge in [-0.05, 0) is 48.6 Å². The van der Waals surface area contributed by atoms with Gasteiger partial charge in [0.25, 0.3) is 5.89 Å². The second-order valence-corrected chi connectivity index (χ2v) is 5.86. The van der Waals surface area contributed by atoms with E-state index in [0.717, 1.165) is 43.7 Å². The molecule has 2 heterocycles. The SMILES string of the molecule is CC(C)CCc1noc(-c2ccc3c(c2)CNCC3)n1. The maximum absolute atomic E-state index is 5.39. The highest BCUT2D eigenvalue weighted by Gasteiger charge is 2.13. The van der Waals surface area contributed by atoms with E-state index in [0.29, 0.717) is 11.8 Å². The van der Waals surface area contributed by atoms with E-state index in [1.807, 2.05) is 0 Å². The van der Waals surface area contributed by atoms with Crippen molar-refractivity contribution >= 4 is 0 Å². The van der Waals surface area contributed by atoms with Crippen LogP contribution in [0.4, 0.5) is 0 Å². The second-order valence-electron chi connectivity index (χ2n) is 5.86. The highest BCUT2D eigenvalue weighted by atomic mass is 16.5. The van der Waals surface area contributed by atoms with Crippen molar-refractivity contribution in [1.82, 2.24) is 15.5 Å². The predicted octanol–water partition coefficient (Wildman–Crippen LogP) is 2.97. The molecule has 0 aliphatic carbocycles. The maximum atomic E-state index is 5.39. The normalized spacial score (nSPS) is 14.6. The molecule has 0 atom stereocenters. The van der Waals surface area contributed by atoms with E-state index in [4.69, 9.17) is 4.52 Å². The molecule has 0 fully saturated rings. The minimum absolute atomic E-state index is 0.636. The van der Waals surface area contributed by atoms with Gasteiger partial charge in [-0.3, -0.25) is 0 Å². The third-order valence-corrected chi connectivity index (χ3v) is 3.75. The van der Waals surface area contributed by atoms with Gasteiger partial charge in [-0.2, -0.15) is 4.98 Å². The molecule has 106 valence electrons. The van der Waals surface area contributed by atoms with Crippen LogP contribution in [0.1, 0.15) is 37.2 Å². The average Bonchev–Trinajstić information content (AvgIpc) is 2.93. The lowest BCUT2D eigenvalue weighted by Crippen LogP contribution is -2.23. The molecule has 0 spiro atoms. The molecule has 4 heteroatoms. The van der Waals surface area contributed by atoms with Gasteiger partial charge >= 0.3 is 0 Å². The van der Waals surface area contributed by atoms with Crippen molar-refractivity contribution in [3.05, 3.63) is 35.2 Å². The molecule has 2 aromatic rings. The Hall–Kier alpha value is -1.68. The van der Waals surface area contributed by atoms with Crippen molar-refractivity contribution in [2.75, 3.05) is 6.54 Å². The highest BCUT2D eigenvalue weighted by Crippen LogP contribution is 2.23. The molecule has 0 saturated carbocycles. The van der Waals surface area contributed by atoms with Gasteiger partial charge < -0.3 is 9.84 Å². The van der Waals surface area contributed by atoms with E-state index in [1.165, 1.54) is 11.1 Å². The predicted molar refractivity (Wildman–Crippen MR) is 78.3 cm³/mol. The first-order valence-electron chi connectivity index (χ1n) is 7.38. The van der Waals surface area contributed by atoms with Crippen molar-refractivity contribution in [3.8, 4) is 11.5 Å². The highest BCUT2D eigenvalue weighted by molar-refractivity contribution is 5.56. The minimum atomic E-state index is 0.636. The molecule has 0 unspecified atom stereocenters. The summed E-state index contributed by atoms with van der Waals surface area (Å²) in [5.74, 6) is 2.11. The van der Waals surface area contributed by atoms with Crippen LogP contribution in [0.3, 0.4) is 0 Å². The van der Waals surface area contributed by atoms with Crippen molar-refractivity contribution in [3.63, 3.8) is 0 Å². The zero-order chi connectivity index (χ0) is 13.9. The van der Waals surface area contributed by atoms with Crippen LogP contribution in [0, 0.1) is 5.92 Å². The summed E-state index contributed by atoms with van der Waals surface area (Å²) in [6, 6.07) is 6.44. The number of aromatic nitrogens is 2. The summed E-state index contributed by atoms with van der Waals surface area (Å²) in [5, 5.41) is 7.47. The molecule has 0 saturated heterocycles. The maximum Gasteiger partial charge on any atom is 0.257 e. The summed E-state index contributed by atoms with van der Waals surface area (Å²) in [7, 11) is 0. The van der Waals surface area contributed by atoms with Crippen LogP contribution in [0.5, 0.6) is 0 Å². The average molecular weight is 271 g/mol. The van der Waals surface area contributed by atoms with Gasteiger partial charge in [-0.1, -0.05) is 25.1 Å². The Labute approximate surface area is 119 Å². The molecule has 0 bridgehead atoms. The Kier molecular flexibility index (Phi) is 3.83. The van der Waals surface area contributed by atoms with E-state index in [9.17, 15) is 0 Å². The molecular weight excluding hydrogens is 250 g/mol. The number of nitrogens with one attached hydrogen (secondary N) is 1. The summed E-state index contributed by atoms with van der Waals surface area (Å²) in [4.78, 5) is 4.50. The van der Waals surface area contributed by atoms with Gasteiger partial charge in [0.2, 0.25) is 0 Å². The lowest BCUT2D eigenvalue weighted by atomic mass is 9.98. The molecule has 20 heavy (non-hydrogen) atoms. The van der Waals surface area contributed by atoms with Crippen molar-refractivity contribution in [2.45, 2.75) is 39.7 Å². The van der Waals surface area contributed by atoms with E-state index in [-0.39, 0.29) is 0 Å². The first-order valence-corrected chi connectivity index (χ1v) is 7.38. The van der Waals surface area contributed by atoms with Crippen molar-refractivity contribution in [1.29, 1.82) is 0 Å². The van der Waals surface area contributed by atoms with Crippen LogP contribution < -0.4 is 5.32 Å². The topological polar surface area (TPSA) is 51.0 Å². The van der Waals surface area contributed by atoms with Crippen LogP contribution in [-0.2, 0) is 19.4 Å². The van der Waals surface area contributed by atoms with Gasteiger partial charge in [0, 0.05) is 18.5 Å². The number of fused-ring (bicyclic) bond motifs is 1. The Balaban J connectivity index is 1.79. The largest absolute Gasteiger partial charge is 0.334 e. The third kappa shape index (κ3) is 2.90. The molecule has 1 aliphatic rings. The molecule has 0 amide bonds. The number of benzene rings is 1. The van der Waals surface area contributed by atoms with Gasteiger partial charge in [-0.15, -0.1) is 0 Å². The summed E-state index contributed by atoms with van der Waals surface area (Å²) < 4.78 is 5.39. The van der Waals surface area contributed by atoms with E-state index >= 15 is 0 Å². The van der Waals surface area contributed by atoms with E-state index in [2.05, 4.69) is 47.5 Å². The second kappa shape index (κ2) is 5.75. The fourth-order valence-corrected chi connectivity index (χ4v) is 2.50. The van der Waals surface area contributed by atoms with E-state index in [1.54, 1.807) is 0 Å². The molecule has 1 N–H and O–H groups in total. The summed E-state index contributed by atoms with van der Waals surface area (Å²) in [6.45, 7) is 6.40. The lowest BCUT2D eigenvalue weighted by molar-refractivity contribution is 0.419. The summed E-state index contributed by atoms with van der Waals surface area (Å²) in [5.41, 5.74) is 3.79. The number of hydrogen-bond donors (Lipinski definition) is 1. The Morgan fingerprint density at radius 3 is 3.05 bits per heavy atom. The van der Waals surface area contributed by atoms with Gasteiger partial charge in [0.05, 0.1) is 0 Å². The van der Waals surface area contributed by atoms with Crippen molar-refractivity contribution < 1.29 is 4.52 Å². The van der Waals surface area contributed by atoms with Crippen molar-refractivity contribution in [2.24, 2.45) is 5.92 Å². The molecule has 1 aromatic heterocycles. The Morgan fingerprint density at radius 2 is 2.20 bits per heavy atom. The minimum Gasteiger partial charge on any atom is -0.334 e. The molecule has 1 aliphatic heterocycles. The first kappa shape index (κ1) is 13.3. The van der Waals surface area contributed by atoms with Crippen LogP contribution >= 0.6 is 0 Å². The first-order chi connectivity index (χ1) is 9.72. The van der Waals surface area contributed by atoms with E-state index < -0.39 is 0 Å². The smallest absolute Gasteiger partial charge is 0.257 e. The van der Waals surface area contributed by atoms with Crippen LogP contribution in [0.25, 0.3) is 11.5 Å². The Bertz CT molecular complexity index is 589. The molecule has 4 nitrogen and oxygen atoms in total. The van der Waals surface area contributed by atoms with Gasteiger partial charge in [0.1, 0.15) is 0 Å². The van der Waals surface area contributed by atoms with Gasteiger partial charge in [0.15, 0.2) is 5.82 Å². The summed E-state index contributed by atoms with van der Waals surface area (Å²) in [6.07, 6.45) is 3.07. The number of aryl methyl sites for hydroxylation is 1. The summed E-state index contributed by atoms with van der Waals surface area (Å²) >= 11 is 0. The number of hydrogen-bond acceptors (Lipinski definition) is 4. The number of nitrogens with zero attached hydrogens (tertiary/aromatic N) is 2. The Morgan fingerprint density at radius 1 is 1.30 bits per heavy atom. The fourth-order valence-electron chi connectivity index (χ4n) is 2.50. The molecule has 0 radical (unpaired) electrons.